The molecule has 0 N–H and O–H groups in total. The first-order chi connectivity index (χ1) is 16.3. The van der Waals surface area contributed by atoms with Crippen molar-refractivity contribution < 1.29 is 0 Å². The molecule has 34 heavy (non-hydrogen) atoms. The van der Waals surface area contributed by atoms with Gasteiger partial charge in [-0.3, -0.25) is 4.99 Å². The van der Waals surface area contributed by atoms with Crippen molar-refractivity contribution in [1.29, 1.82) is 0 Å². The Bertz CT molecular complexity index is 1130. The van der Waals surface area contributed by atoms with Gasteiger partial charge in [0, 0.05) is 24.0 Å². The summed E-state index contributed by atoms with van der Waals surface area (Å²) >= 11 is 0. The number of allylic oxidation sites excluding steroid dienone is 1. The lowest BCUT2D eigenvalue weighted by molar-refractivity contribution is -0.00518. The molecule has 2 nitrogen and oxygen atoms in total. The van der Waals surface area contributed by atoms with Gasteiger partial charge in [-0.25, -0.2) is 0 Å². The van der Waals surface area contributed by atoms with E-state index >= 15 is 0 Å². The molecule has 1 heterocycles. The molecule has 5 aliphatic rings. The van der Waals surface area contributed by atoms with Crippen LogP contribution in [-0.2, 0) is 5.41 Å². The second-order valence-electron chi connectivity index (χ2n) is 12.5. The van der Waals surface area contributed by atoms with Gasteiger partial charge in [-0.2, -0.15) is 0 Å². The third kappa shape index (κ3) is 3.56. The van der Waals surface area contributed by atoms with Crippen molar-refractivity contribution in [2.45, 2.75) is 84.1 Å². The van der Waals surface area contributed by atoms with Crippen LogP contribution in [0.3, 0.4) is 0 Å². The minimum atomic E-state index is 0.0479. The van der Waals surface area contributed by atoms with Crippen molar-refractivity contribution in [3.8, 4) is 0 Å². The highest BCUT2D eigenvalue weighted by Gasteiger charge is 2.51. The lowest BCUT2D eigenvalue weighted by Crippen LogP contribution is -2.48. The van der Waals surface area contributed by atoms with E-state index in [2.05, 4.69) is 88.2 Å². The van der Waals surface area contributed by atoms with Crippen LogP contribution in [0, 0.1) is 24.7 Å². The number of rotatable bonds is 4. The summed E-state index contributed by atoms with van der Waals surface area (Å²) < 4.78 is 0. The molecule has 4 fully saturated rings. The maximum atomic E-state index is 4.91. The minimum absolute atomic E-state index is 0.0479. The van der Waals surface area contributed by atoms with Crippen molar-refractivity contribution in [3.05, 3.63) is 64.7 Å². The Morgan fingerprint density at radius 3 is 2.15 bits per heavy atom. The lowest BCUT2D eigenvalue weighted by atomic mass is 9.48. The number of benzene rings is 2. The molecule has 7 rings (SSSR count). The van der Waals surface area contributed by atoms with E-state index in [0.717, 1.165) is 30.0 Å². The number of likely N-dealkylation sites (N-methyl/N-ethyl adjacent to an activating group) is 1. The number of nitrogens with zero attached hydrogens (tertiary/aromatic N) is 2. The van der Waals surface area contributed by atoms with Crippen LogP contribution in [0.1, 0.15) is 88.5 Å². The molecule has 0 amide bonds. The molecule has 4 saturated carbocycles. The fourth-order valence-electron chi connectivity index (χ4n) is 8.47. The molecule has 0 spiro atoms. The number of hydrogen-bond donors (Lipinski definition) is 0. The lowest BCUT2D eigenvalue weighted by Gasteiger charge is -2.57. The SMILES string of the molecule is CCN1c2cc(C)c(C=Nc3ccc(C45CC6CC(CC(C6)C4)C5)cc3)cc2C(C)=CC1(C)C. The van der Waals surface area contributed by atoms with Crippen LogP contribution in [0.5, 0.6) is 0 Å². The van der Waals surface area contributed by atoms with E-state index in [1.54, 1.807) is 5.56 Å². The molecule has 2 aromatic rings. The van der Waals surface area contributed by atoms with E-state index in [-0.39, 0.29) is 5.54 Å². The Morgan fingerprint density at radius 1 is 0.941 bits per heavy atom. The molecule has 2 heteroatoms. The number of aryl methyl sites for hydroxylation is 1. The Morgan fingerprint density at radius 2 is 1.56 bits per heavy atom. The maximum Gasteiger partial charge on any atom is 0.0630 e. The summed E-state index contributed by atoms with van der Waals surface area (Å²) in [6, 6.07) is 14.0. The standard InChI is InChI=1S/C32H40N2/c1-6-34-30-11-21(2)26(15-29(30)22(3)16-31(34,4)5)20-33-28-9-7-27(8-10-28)32-17-23-12-24(18-32)14-25(13-23)19-32/h7-11,15-16,20,23-25H,6,12-14,17-19H2,1-5H3. The van der Waals surface area contributed by atoms with Crippen LogP contribution < -0.4 is 4.90 Å². The van der Waals surface area contributed by atoms with Crippen LogP contribution in [-0.4, -0.2) is 18.3 Å². The van der Waals surface area contributed by atoms with Gasteiger partial charge >= 0.3 is 0 Å². The van der Waals surface area contributed by atoms with Crippen LogP contribution in [0.25, 0.3) is 5.57 Å². The topological polar surface area (TPSA) is 15.6 Å². The molecule has 4 aliphatic carbocycles. The summed E-state index contributed by atoms with van der Waals surface area (Å²) in [5.41, 5.74) is 9.71. The van der Waals surface area contributed by atoms with Gasteiger partial charge in [0.1, 0.15) is 0 Å². The molecular weight excluding hydrogens is 412 g/mol. The third-order valence-electron chi connectivity index (χ3n) is 9.55. The Labute approximate surface area is 206 Å². The highest BCUT2D eigenvalue weighted by molar-refractivity contribution is 5.90. The number of fused-ring (bicyclic) bond motifs is 1. The van der Waals surface area contributed by atoms with Gasteiger partial charge in [0.25, 0.3) is 0 Å². The average Bonchev–Trinajstić information content (AvgIpc) is 2.77. The first-order valence-corrected chi connectivity index (χ1v) is 13.5. The zero-order valence-electron chi connectivity index (χ0n) is 21.7. The summed E-state index contributed by atoms with van der Waals surface area (Å²) in [6.07, 6.45) is 13.3. The van der Waals surface area contributed by atoms with Gasteiger partial charge in [-0.15, -0.1) is 0 Å². The van der Waals surface area contributed by atoms with E-state index in [0.29, 0.717) is 5.41 Å². The molecule has 0 radical (unpaired) electrons. The van der Waals surface area contributed by atoms with Gasteiger partial charge in [0.05, 0.1) is 11.2 Å². The monoisotopic (exact) mass is 452 g/mol. The Kier molecular flexibility index (Phi) is 5.10. The fraction of sp³-hybridized carbons (Fsp3) is 0.531. The minimum Gasteiger partial charge on any atom is -0.363 e. The first kappa shape index (κ1) is 22.1. The summed E-state index contributed by atoms with van der Waals surface area (Å²) in [6.45, 7) is 12.3. The largest absolute Gasteiger partial charge is 0.363 e. The molecule has 0 aromatic heterocycles. The van der Waals surface area contributed by atoms with Crippen molar-refractivity contribution in [2.24, 2.45) is 22.7 Å². The van der Waals surface area contributed by atoms with Crippen molar-refractivity contribution in [3.63, 3.8) is 0 Å². The van der Waals surface area contributed by atoms with E-state index in [4.69, 9.17) is 4.99 Å². The molecule has 0 atom stereocenters. The van der Waals surface area contributed by atoms with Gasteiger partial charge in [-0.05, 0) is 143 Å². The van der Waals surface area contributed by atoms with E-state index in [1.165, 1.54) is 66.5 Å². The summed E-state index contributed by atoms with van der Waals surface area (Å²) in [5, 5.41) is 0. The predicted molar refractivity (Wildman–Crippen MR) is 145 cm³/mol. The first-order valence-electron chi connectivity index (χ1n) is 13.5. The fourth-order valence-corrected chi connectivity index (χ4v) is 8.47. The highest BCUT2D eigenvalue weighted by Crippen LogP contribution is 2.60. The molecule has 2 aromatic carbocycles. The quantitative estimate of drug-likeness (QED) is 0.427. The number of hydrogen-bond acceptors (Lipinski definition) is 2. The second kappa shape index (κ2) is 7.83. The molecule has 0 saturated heterocycles. The second-order valence-corrected chi connectivity index (χ2v) is 12.5. The molecule has 4 bridgehead atoms. The van der Waals surface area contributed by atoms with E-state index in [1.807, 2.05) is 0 Å². The normalized spacial score (nSPS) is 31.1. The van der Waals surface area contributed by atoms with Crippen LogP contribution in [0.15, 0.2) is 47.5 Å². The molecule has 178 valence electrons. The number of aliphatic imine (C=N–C) groups is 1. The molecule has 0 unspecified atom stereocenters. The van der Waals surface area contributed by atoms with Crippen molar-refractivity contribution in [2.75, 3.05) is 11.4 Å². The van der Waals surface area contributed by atoms with E-state index in [9.17, 15) is 0 Å². The van der Waals surface area contributed by atoms with Crippen LogP contribution in [0.2, 0.25) is 0 Å². The van der Waals surface area contributed by atoms with Gasteiger partial charge in [-0.1, -0.05) is 18.2 Å². The van der Waals surface area contributed by atoms with Crippen molar-refractivity contribution in [1.82, 2.24) is 0 Å². The Balaban J connectivity index is 1.25. The van der Waals surface area contributed by atoms with Crippen LogP contribution >= 0.6 is 0 Å². The average molecular weight is 453 g/mol. The van der Waals surface area contributed by atoms with Gasteiger partial charge in [0.2, 0.25) is 0 Å². The zero-order valence-corrected chi connectivity index (χ0v) is 21.7. The summed E-state index contributed by atoms with van der Waals surface area (Å²) in [7, 11) is 0. The highest BCUT2D eigenvalue weighted by atomic mass is 15.2. The predicted octanol–water partition coefficient (Wildman–Crippen LogP) is 8.24. The smallest absolute Gasteiger partial charge is 0.0630 e. The molecular formula is C32H40N2. The maximum absolute atomic E-state index is 4.91. The van der Waals surface area contributed by atoms with E-state index < -0.39 is 0 Å². The summed E-state index contributed by atoms with van der Waals surface area (Å²) in [4.78, 5) is 7.41. The number of anilines is 1. The van der Waals surface area contributed by atoms with Gasteiger partial charge < -0.3 is 4.90 Å². The van der Waals surface area contributed by atoms with Gasteiger partial charge in [0.15, 0.2) is 0 Å². The molecule has 1 aliphatic heterocycles. The Hall–Kier alpha value is -2.35. The van der Waals surface area contributed by atoms with Crippen molar-refractivity contribution >= 4 is 23.2 Å². The van der Waals surface area contributed by atoms with Crippen LogP contribution in [0.4, 0.5) is 11.4 Å². The summed E-state index contributed by atoms with van der Waals surface area (Å²) in [5.74, 6) is 2.97. The third-order valence-corrected chi connectivity index (χ3v) is 9.55. The zero-order chi connectivity index (χ0) is 23.7.